The van der Waals surface area contributed by atoms with Crippen LogP contribution in [0.5, 0.6) is 0 Å². The summed E-state index contributed by atoms with van der Waals surface area (Å²) in [6.07, 6.45) is 0. The number of thiazole rings is 1. The number of anilines is 2. The minimum absolute atomic E-state index is 0.236. The topological polar surface area (TPSA) is 71.1 Å². The van der Waals surface area contributed by atoms with E-state index in [0.29, 0.717) is 31.4 Å². The molecule has 0 aliphatic carbocycles. The van der Waals surface area contributed by atoms with Gasteiger partial charge in [0.2, 0.25) is 0 Å². The standard InChI is InChI=1S/C23H16BrN3O2S/c24-18-14-8-7-13-17(18)21(29)27-23-25-19(15-9-3-1-4-10-15)22(30-23)26-20(28)16-11-5-2-6-12-16/h1-14H,(H,26,28)(H,25,27,29). The van der Waals surface area contributed by atoms with Crippen LogP contribution >= 0.6 is 27.3 Å². The normalized spacial score (nSPS) is 10.4. The zero-order valence-electron chi connectivity index (χ0n) is 15.6. The van der Waals surface area contributed by atoms with Crippen molar-refractivity contribution in [3.63, 3.8) is 0 Å². The van der Waals surface area contributed by atoms with Crippen molar-refractivity contribution in [3.05, 3.63) is 101 Å². The Bertz CT molecular complexity index is 1190. The minimum Gasteiger partial charge on any atom is -0.312 e. The van der Waals surface area contributed by atoms with Crippen LogP contribution in [0.25, 0.3) is 11.3 Å². The van der Waals surface area contributed by atoms with Crippen LogP contribution in [0.2, 0.25) is 0 Å². The summed E-state index contributed by atoms with van der Waals surface area (Å²) in [4.78, 5) is 29.9. The average Bonchev–Trinajstić information content (AvgIpc) is 3.17. The van der Waals surface area contributed by atoms with Crippen molar-refractivity contribution in [2.24, 2.45) is 0 Å². The van der Waals surface area contributed by atoms with Crippen molar-refractivity contribution in [3.8, 4) is 11.3 Å². The van der Waals surface area contributed by atoms with Crippen molar-refractivity contribution in [2.45, 2.75) is 0 Å². The van der Waals surface area contributed by atoms with Crippen LogP contribution in [-0.2, 0) is 0 Å². The Morgan fingerprint density at radius 3 is 2.10 bits per heavy atom. The van der Waals surface area contributed by atoms with E-state index < -0.39 is 0 Å². The molecule has 0 spiro atoms. The van der Waals surface area contributed by atoms with Gasteiger partial charge in [-0.25, -0.2) is 4.98 Å². The number of nitrogens with zero attached hydrogens (tertiary/aromatic N) is 1. The van der Waals surface area contributed by atoms with Crippen LogP contribution in [0, 0.1) is 0 Å². The highest BCUT2D eigenvalue weighted by Gasteiger charge is 2.18. The minimum atomic E-state index is -0.281. The Kier molecular flexibility index (Phi) is 6.02. The number of carbonyl (C=O) groups is 2. The Morgan fingerprint density at radius 2 is 1.40 bits per heavy atom. The molecule has 148 valence electrons. The quantitative estimate of drug-likeness (QED) is 0.365. The number of halogens is 1. The molecule has 0 aliphatic heterocycles. The van der Waals surface area contributed by atoms with E-state index in [4.69, 9.17) is 0 Å². The molecule has 0 atom stereocenters. The lowest BCUT2D eigenvalue weighted by Crippen LogP contribution is -2.12. The molecule has 0 saturated heterocycles. The Morgan fingerprint density at radius 1 is 0.767 bits per heavy atom. The molecule has 2 amide bonds. The van der Waals surface area contributed by atoms with E-state index in [1.165, 1.54) is 11.3 Å². The maximum absolute atomic E-state index is 12.7. The van der Waals surface area contributed by atoms with E-state index in [-0.39, 0.29) is 11.8 Å². The second kappa shape index (κ2) is 9.02. The van der Waals surface area contributed by atoms with Gasteiger partial charge in [0.05, 0.1) is 5.56 Å². The number of hydrogen-bond acceptors (Lipinski definition) is 4. The van der Waals surface area contributed by atoms with Crippen molar-refractivity contribution >= 4 is 49.2 Å². The average molecular weight is 478 g/mol. The summed E-state index contributed by atoms with van der Waals surface area (Å²) in [5, 5.41) is 6.72. The SMILES string of the molecule is O=C(Nc1sc(NC(=O)c2ccccc2Br)nc1-c1ccccc1)c1ccccc1. The van der Waals surface area contributed by atoms with Crippen LogP contribution in [-0.4, -0.2) is 16.8 Å². The maximum atomic E-state index is 12.7. The van der Waals surface area contributed by atoms with Gasteiger partial charge in [0, 0.05) is 15.6 Å². The summed E-state index contributed by atoms with van der Waals surface area (Å²) in [6, 6.07) is 25.7. The Labute approximate surface area is 185 Å². The predicted octanol–water partition coefficient (Wildman–Crippen LogP) is 6.08. The molecule has 5 nitrogen and oxygen atoms in total. The molecule has 4 rings (SSSR count). The second-order valence-corrected chi connectivity index (χ2v) is 8.17. The first-order valence-electron chi connectivity index (χ1n) is 9.10. The summed E-state index contributed by atoms with van der Waals surface area (Å²) in [5.41, 5.74) is 2.50. The molecule has 0 aliphatic rings. The third-order valence-corrected chi connectivity index (χ3v) is 5.85. The number of carbonyl (C=O) groups excluding carboxylic acids is 2. The predicted molar refractivity (Wildman–Crippen MR) is 124 cm³/mol. The molecule has 30 heavy (non-hydrogen) atoms. The molecule has 7 heteroatoms. The van der Waals surface area contributed by atoms with Gasteiger partial charge >= 0.3 is 0 Å². The van der Waals surface area contributed by atoms with Gasteiger partial charge in [-0.15, -0.1) is 0 Å². The first-order chi connectivity index (χ1) is 14.6. The number of rotatable bonds is 5. The third-order valence-electron chi connectivity index (χ3n) is 4.28. The highest BCUT2D eigenvalue weighted by atomic mass is 79.9. The molecule has 0 radical (unpaired) electrons. The van der Waals surface area contributed by atoms with Gasteiger partial charge in [0.15, 0.2) is 5.13 Å². The lowest BCUT2D eigenvalue weighted by atomic mass is 10.1. The molecular weight excluding hydrogens is 462 g/mol. The van der Waals surface area contributed by atoms with Gasteiger partial charge in [0.1, 0.15) is 10.7 Å². The lowest BCUT2D eigenvalue weighted by Gasteiger charge is -2.05. The molecule has 1 heterocycles. The molecular formula is C23H16BrN3O2S. The zero-order valence-corrected chi connectivity index (χ0v) is 18.0. The second-order valence-electron chi connectivity index (χ2n) is 6.32. The molecule has 0 bridgehead atoms. The van der Waals surface area contributed by atoms with E-state index in [1.807, 2.05) is 54.6 Å². The summed E-state index contributed by atoms with van der Waals surface area (Å²) < 4.78 is 0.694. The Balaban J connectivity index is 1.65. The third kappa shape index (κ3) is 4.48. The monoisotopic (exact) mass is 477 g/mol. The summed E-state index contributed by atoms with van der Waals surface area (Å²) >= 11 is 4.61. The summed E-state index contributed by atoms with van der Waals surface area (Å²) in [5.74, 6) is -0.517. The van der Waals surface area contributed by atoms with Crippen LogP contribution in [0.4, 0.5) is 10.1 Å². The highest BCUT2D eigenvalue weighted by Crippen LogP contribution is 2.36. The fraction of sp³-hybridized carbons (Fsp3) is 0. The van der Waals surface area contributed by atoms with E-state index in [1.54, 1.807) is 30.3 Å². The number of amides is 2. The molecule has 4 aromatic rings. The highest BCUT2D eigenvalue weighted by molar-refractivity contribution is 9.10. The van der Waals surface area contributed by atoms with Crippen molar-refractivity contribution in [1.29, 1.82) is 0 Å². The van der Waals surface area contributed by atoms with E-state index >= 15 is 0 Å². The zero-order chi connectivity index (χ0) is 20.9. The fourth-order valence-electron chi connectivity index (χ4n) is 2.82. The van der Waals surface area contributed by atoms with Crippen molar-refractivity contribution in [2.75, 3.05) is 10.6 Å². The largest absolute Gasteiger partial charge is 0.312 e. The first kappa shape index (κ1) is 20.0. The van der Waals surface area contributed by atoms with Crippen LogP contribution in [0.1, 0.15) is 20.7 Å². The smallest absolute Gasteiger partial charge is 0.258 e. The van der Waals surface area contributed by atoms with Gasteiger partial charge in [-0.3, -0.25) is 14.9 Å². The first-order valence-corrected chi connectivity index (χ1v) is 10.7. The van der Waals surface area contributed by atoms with Gasteiger partial charge < -0.3 is 5.32 Å². The van der Waals surface area contributed by atoms with Crippen LogP contribution in [0.3, 0.4) is 0 Å². The molecule has 1 aromatic heterocycles. The van der Waals surface area contributed by atoms with Crippen LogP contribution < -0.4 is 10.6 Å². The molecule has 2 N–H and O–H groups in total. The summed E-state index contributed by atoms with van der Waals surface area (Å²) in [7, 11) is 0. The number of benzene rings is 3. The van der Waals surface area contributed by atoms with Gasteiger partial charge in [-0.2, -0.15) is 0 Å². The molecule has 3 aromatic carbocycles. The molecule has 0 unspecified atom stereocenters. The molecule has 0 fully saturated rings. The number of hydrogen-bond donors (Lipinski definition) is 2. The van der Waals surface area contributed by atoms with E-state index in [2.05, 4.69) is 31.5 Å². The number of aromatic nitrogens is 1. The van der Waals surface area contributed by atoms with Crippen molar-refractivity contribution < 1.29 is 9.59 Å². The van der Waals surface area contributed by atoms with E-state index in [9.17, 15) is 9.59 Å². The maximum Gasteiger partial charge on any atom is 0.258 e. The fourth-order valence-corrected chi connectivity index (χ4v) is 4.17. The van der Waals surface area contributed by atoms with Gasteiger partial charge in [-0.1, -0.05) is 72.0 Å². The lowest BCUT2D eigenvalue weighted by molar-refractivity contribution is 0.101. The summed E-state index contributed by atoms with van der Waals surface area (Å²) in [6.45, 7) is 0. The van der Waals surface area contributed by atoms with Gasteiger partial charge in [0.25, 0.3) is 11.8 Å². The Hall–Kier alpha value is -3.29. The number of nitrogens with one attached hydrogen (secondary N) is 2. The van der Waals surface area contributed by atoms with E-state index in [0.717, 1.165) is 5.56 Å². The molecule has 0 saturated carbocycles. The van der Waals surface area contributed by atoms with Crippen molar-refractivity contribution in [1.82, 2.24) is 4.98 Å². The van der Waals surface area contributed by atoms with Crippen LogP contribution in [0.15, 0.2) is 89.4 Å². The van der Waals surface area contributed by atoms with Gasteiger partial charge in [-0.05, 0) is 40.2 Å².